The van der Waals surface area contributed by atoms with Crippen LogP contribution in [0.4, 0.5) is 24.8 Å². The van der Waals surface area contributed by atoms with Crippen molar-refractivity contribution in [2.24, 2.45) is 0 Å². The highest BCUT2D eigenvalue weighted by molar-refractivity contribution is 7.99. The Bertz CT molecular complexity index is 898. The number of anilines is 2. The zero-order valence-electron chi connectivity index (χ0n) is 14.6. The molecule has 1 aromatic heterocycles. The standard InChI is InChI=1S/C20H18F3N3S/c1-2-7-14-8-6-9-15(12-14)25-19-24-13-17(20(21,22)23)18(26-19)27-16-10-4-3-5-11-16/h3-6,8-13H,2,7H2,1H3,(H,24,25,26). The Hall–Kier alpha value is -2.54. The van der Waals surface area contributed by atoms with Crippen LogP contribution in [0, 0.1) is 0 Å². The molecule has 0 aliphatic rings. The van der Waals surface area contributed by atoms with E-state index in [1.807, 2.05) is 30.3 Å². The molecule has 0 aliphatic heterocycles. The number of halogens is 3. The minimum Gasteiger partial charge on any atom is -0.324 e. The minimum absolute atomic E-state index is 0.129. The van der Waals surface area contributed by atoms with Crippen LogP contribution in [0.5, 0.6) is 0 Å². The van der Waals surface area contributed by atoms with Gasteiger partial charge in [0.15, 0.2) is 0 Å². The third-order valence-corrected chi connectivity index (χ3v) is 4.75. The maximum Gasteiger partial charge on any atom is 0.420 e. The Balaban J connectivity index is 1.90. The van der Waals surface area contributed by atoms with E-state index >= 15 is 0 Å². The van der Waals surface area contributed by atoms with E-state index in [1.54, 1.807) is 24.3 Å². The first-order valence-electron chi connectivity index (χ1n) is 8.49. The highest BCUT2D eigenvalue weighted by atomic mass is 32.2. The van der Waals surface area contributed by atoms with E-state index in [4.69, 9.17) is 0 Å². The third kappa shape index (κ3) is 5.23. The van der Waals surface area contributed by atoms with E-state index in [2.05, 4.69) is 22.2 Å². The van der Waals surface area contributed by atoms with Crippen molar-refractivity contribution in [1.82, 2.24) is 9.97 Å². The highest BCUT2D eigenvalue weighted by Gasteiger charge is 2.35. The van der Waals surface area contributed by atoms with E-state index in [0.29, 0.717) is 4.90 Å². The lowest BCUT2D eigenvalue weighted by Gasteiger charge is -2.13. The quantitative estimate of drug-likeness (QED) is 0.499. The minimum atomic E-state index is -4.52. The fourth-order valence-corrected chi connectivity index (χ4v) is 3.45. The van der Waals surface area contributed by atoms with Gasteiger partial charge in [0.25, 0.3) is 0 Å². The molecule has 27 heavy (non-hydrogen) atoms. The highest BCUT2D eigenvalue weighted by Crippen LogP contribution is 2.38. The van der Waals surface area contributed by atoms with Crippen LogP contribution >= 0.6 is 11.8 Å². The van der Waals surface area contributed by atoms with Crippen LogP contribution in [0.15, 0.2) is 70.7 Å². The van der Waals surface area contributed by atoms with Gasteiger partial charge >= 0.3 is 6.18 Å². The molecule has 3 aromatic rings. The van der Waals surface area contributed by atoms with Gasteiger partial charge in [-0.3, -0.25) is 0 Å². The summed E-state index contributed by atoms with van der Waals surface area (Å²) in [5, 5.41) is 2.88. The molecule has 0 saturated heterocycles. The molecule has 1 N–H and O–H groups in total. The van der Waals surface area contributed by atoms with E-state index in [-0.39, 0.29) is 11.0 Å². The summed E-state index contributed by atoms with van der Waals surface area (Å²) in [6, 6.07) is 16.5. The van der Waals surface area contributed by atoms with Crippen LogP contribution in [-0.2, 0) is 12.6 Å². The number of alkyl halides is 3. The average molecular weight is 389 g/mol. The second-order valence-corrected chi connectivity index (χ2v) is 6.96. The van der Waals surface area contributed by atoms with Crippen molar-refractivity contribution in [2.75, 3.05) is 5.32 Å². The molecule has 0 radical (unpaired) electrons. The zero-order chi connectivity index (χ0) is 19.3. The molecule has 0 bridgehead atoms. The summed E-state index contributed by atoms with van der Waals surface area (Å²) in [5.41, 5.74) is 1.05. The monoisotopic (exact) mass is 389 g/mol. The Morgan fingerprint density at radius 3 is 2.52 bits per heavy atom. The summed E-state index contributed by atoms with van der Waals surface area (Å²) < 4.78 is 40.0. The van der Waals surface area contributed by atoms with Crippen LogP contribution in [-0.4, -0.2) is 9.97 Å². The number of hydrogen-bond acceptors (Lipinski definition) is 4. The van der Waals surface area contributed by atoms with Gasteiger partial charge in [-0.05, 0) is 36.2 Å². The van der Waals surface area contributed by atoms with Crippen molar-refractivity contribution in [1.29, 1.82) is 0 Å². The lowest BCUT2D eigenvalue weighted by atomic mass is 10.1. The lowest BCUT2D eigenvalue weighted by Crippen LogP contribution is -2.10. The molecule has 0 aliphatic carbocycles. The predicted molar refractivity (Wildman–Crippen MR) is 101 cm³/mol. The maximum absolute atomic E-state index is 13.3. The molecule has 0 amide bonds. The van der Waals surface area contributed by atoms with Crippen molar-refractivity contribution in [3.05, 3.63) is 71.9 Å². The SMILES string of the molecule is CCCc1cccc(Nc2ncc(C(F)(F)F)c(Sc3ccccc3)n2)c1. The number of aromatic nitrogens is 2. The van der Waals surface area contributed by atoms with Crippen molar-refractivity contribution < 1.29 is 13.2 Å². The molecule has 0 saturated carbocycles. The predicted octanol–water partition coefficient (Wildman–Crippen LogP) is 6.34. The molecular weight excluding hydrogens is 371 g/mol. The zero-order valence-corrected chi connectivity index (χ0v) is 15.4. The van der Waals surface area contributed by atoms with Crippen molar-refractivity contribution in [2.45, 2.75) is 35.9 Å². The lowest BCUT2D eigenvalue weighted by molar-refractivity contribution is -0.140. The van der Waals surface area contributed by atoms with Gasteiger partial charge in [-0.2, -0.15) is 13.2 Å². The largest absolute Gasteiger partial charge is 0.420 e. The van der Waals surface area contributed by atoms with Crippen LogP contribution in [0.2, 0.25) is 0 Å². The summed E-state index contributed by atoms with van der Waals surface area (Å²) in [6.07, 6.45) is -1.75. The molecule has 1 heterocycles. The fraction of sp³-hybridized carbons (Fsp3) is 0.200. The number of benzene rings is 2. The molecule has 140 valence electrons. The fourth-order valence-electron chi connectivity index (χ4n) is 2.52. The molecule has 3 rings (SSSR count). The molecule has 0 spiro atoms. The molecule has 2 aromatic carbocycles. The number of aryl methyl sites for hydroxylation is 1. The number of rotatable bonds is 6. The first-order valence-corrected chi connectivity index (χ1v) is 9.30. The third-order valence-electron chi connectivity index (χ3n) is 3.74. The molecule has 3 nitrogen and oxygen atoms in total. The van der Waals surface area contributed by atoms with Gasteiger partial charge < -0.3 is 5.32 Å². The number of hydrogen-bond donors (Lipinski definition) is 1. The molecule has 7 heteroatoms. The van der Waals surface area contributed by atoms with E-state index in [1.165, 1.54) is 0 Å². The second-order valence-electron chi connectivity index (χ2n) is 5.90. The summed E-state index contributed by atoms with van der Waals surface area (Å²) in [6.45, 7) is 2.09. The van der Waals surface area contributed by atoms with Gasteiger partial charge in [0.2, 0.25) is 5.95 Å². The Morgan fingerprint density at radius 2 is 1.81 bits per heavy atom. The van der Waals surface area contributed by atoms with Gasteiger partial charge in [-0.25, -0.2) is 9.97 Å². The van der Waals surface area contributed by atoms with Gasteiger partial charge in [0.05, 0.1) is 0 Å². The maximum atomic E-state index is 13.3. The van der Waals surface area contributed by atoms with Gasteiger partial charge in [-0.15, -0.1) is 0 Å². The Labute approximate surface area is 160 Å². The van der Waals surface area contributed by atoms with E-state index < -0.39 is 11.7 Å². The average Bonchev–Trinajstić information content (AvgIpc) is 2.62. The second kappa shape index (κ2) is 8.43. The first-order chi connectivity index (χ1) is 13.0. The summed E-state index contributed by atoms with van der Waals surface area (Å²) >= 11 is 0.966. The summed E-state index contributed by atoms with van der Waals surface area (Å²) in [5.74, 6) is 0.134. The van der Waals surface area contributed by atoms with Gasteiger partial charge in [0.1, 0.15) is 10.6 Å². The van der Waals surface area contributed by atoms with Gasteiger partial charge in [-0.1, -0.05) is 55.4 Å². The smallest absolute Gasteiger partial charge is 0.324 e. The summed E-state index contributed by atoms with van der Waals surface area (Å²) in [7, 11) is 0. The van der Waals surface area contributed by atoms with Crippen LogP contribution < -0.4 is 5.32 Å². The number of nitrogens with one attached hydrogen (secondary N) is 1. The van der Waals surface area contributed by atoms with Crippen molar-refractivity contribution in [3.8, 4) is 0 Å². The van der Waals surface area contributed by atoms with Crippen LogP contribution in [0.3, 0.4) is 0 Å². The first kappa shape index (κ1) is 19.2. The topological polar surface area (TPSA) is 37.8 Å². The molecule has 0 fully saturated rings. The van der Waals surface area contributed by atoms with Crippen LogP contribution in [0.25, 0.3) is 0 Å². The molecular formula is C20H18F3N3S. The normalized spacial score (nSPS) is 11.4. The van der Waals surface area contributed by atoms with E-state index in [9.17, 15) is 13.2 Å². The Morgan fingerprint density at radius 1 is 1.04 bits per heavy atom. The molecule has 0 atom stereocenters. The Kier molecular flexibility index (Phi) is 6.01. The van der Waals surface area contributed by atoms with E-state index in [0.717, 1.165) is 42.1 Å². The number of nitrogens with zero attached hydrogens (tertiary/aromatic N) is 2. The van der Waals surface area contributed by atoms with Crippen molar-refractivity contribution >= 4 is 23.4 Å². The summed E-state index contributed by atoms with van der Waals surface area (Å²) in [4.78, 5) is 8.67. The van der Waals surface area contributed by atoms with Gasteiger partial charge in [0, 0.05) is 16.8 Å². The van der Waals surface area contributed by atoms with Crippen LogP contribution in [0.1, 0.15) is 24.5 Å². The van der Waals surface area contributed by atoms with Crippen molar-refractivity contribution in [3.63, 3.8) is 0 Å². The molecule has 0 unspecified atom stereocenters.